The summed E-state index contributed by atoms with van der Waals surface area (Å²) in [6, 6.07) is 18.9. The molecule has 1 fully saturated rings. The Morgan fingerprint density at radius 3 is 2.36 bits per heavy atom. The van der Waals surface area contributed by atoms with Crippen LogP contribution >= 0.6 is 24.0 Å². The fourth-order valence-corrected chi connectivity index (χ4v) is 3.51. The van der Waals surface area contributed by atoms with Crippen molar-refractivity contribution in [1.82, 2.24) is 15.1 Å². The summed E-state index contributed by atoms with van der Waals surface area (Å²) >= 11 is 0. The van der Waals surface area contributed by atoms with Crippen molar-refractivity contribution in [3.05, 3.63) is 65.7 Å². The van der Waals surface area contributed by atoms with Gasteiger partial charge in [-0.2, -0.15) is 0 Å². The Morgan fingerprint density at radius 1 is 1.00 bits per heavy atom. The summed E-state index contributed by atoms with van der Waals surface area (Å²) < 4.78 is 5.43. The predicted octanol–water partition coefficient (Wildman–Crippen LogP) is 3.25. The largest absolute Gasteiger partial charge is 0.496 e. The van der Waals surface area contributed by atoms with Gasteiger partial charge in [-0.15, -0.1) is 24.0 Å². The highest BCUT2D eigenvalue weighted by molar-refractivity contribution is 14.0. The maximum atomic E-state index is 5.43. The van der Waals surface area contributed by atoms with Crippen molar-refractivity contribution in [1.29, 1.82) is 0 Å². The number of rotatable bonds is 6. The number of nitrogens with zero attached hydrogens (tertiary/aromatic N) is 3. The van der Waals surface area contributed by atoms with Crippen LogP contribution in [0, 0.1) is 0 Å². The van der Waals surface area contributed by atoms with Crippen LogP contribution in [-0.4, -0.2) is 62.6 Å². The predicted molar refractivity (Wildman–Crippen MR) is 127 cm³/mol. The normalized spacial score (nSPS) is 15.1. The highest BCUT2D eigenvalue weighted by Gasteiger charge is 2.19. The summed E-state index contributed by atoms with van der Waals surface area (Å²) in [4.78, 5) is 9.34. The molecule has 0 amide bonds. The van der Waals surface area contributed by atoms with Crippen LogP contribution in [0.15, 0.2) is 59.6 Å². The molecule has 2 aromatic carbocycles. The topological polar surface area (TPSA) is 40.1 Å². The third-order valence-electron chi connectivity index (χ3n) is 5.00. The molecule has 1 aliphatic heterocycles. The van der Waals surface area contributed by atoms with Crippen LogP contribution in [0.3, 0.4) is 0 Å². The van der Waals surface area contributed by atoms with Crippen LogP contribution < -0.4 is 10.1 Å². The van der Waals surface area contributed by atoms with Crippen molar-refractivity contribution in [3.8, 4) is 5.75 Å². The standard InChI is InChI=1S/C22H30N4O.HI/c1-23-22(24-13-12-20-10-6-7-11-21(20)27-2)26-16-14-25(15-17-26)18-19-8-4-3-5-9-19;/h3-11H,12-18H2,1-2H3,(H,23,24);1H. The van der Waals surface area contributed by atoms with Gasteiger partial charge in [-0.05, 0) is 23.6 Å². The molecule has 28 heavy (non-hydrogen) atoms. The molecule has 0 unspecified atom stereocenters. The van der Waals surface area contributed by atoms with Crippen LogP contribution in [0.1, 0.15) is 11.1 Å². The molecule has 0 bridgehead atoms. The first kappa shape index (κ1) is 22.5. The summed E-state index contributed by atoms with van der Waals surface area (Å²) in [5.74, 6) is 1.94. The van der Waals surface area contributed by atoms with Crippen LogP contribution in [0.4, 0.5) is 0 Å². The van der Waals surface area contributed by atoms with Gasteiger partial charge in [0.05, 0.1) is 7.11 Å². The van der Waals surface area contributed by atoms with E-state index in [1.165, 1.54) is 11.1 Å². The molecule has 1 saturated heterocycles. The van der Waals surface area contributed by atoms with E-state index in [1.807, 2.05) is 19.2 Å². The zero-order valence-electron chi connectivity index (χ0n) is 16.8. The van der Waals surface area contributed by atoms with Gasteiger partial charge in [-0.1, -0.05) is 48.5 Å². The van der Waals surface area contributed by atoms with Crippen molar-refractivity contribution < 1.29 is 4.74 Å². The minimum atomic E-state index is 0. The van der Waals surface area contributed by atoms with Gasteiger partial charge in [0, 0.05) is 46.3 Å². The average Bonchev–Trinajstić information content (AvgIpc) is 2.73. The molecule has 2 aromatic rings. The molecule has 0 radical (unpaired) electrons. The molecule has 0 saturated carbocycles. The van der Waals surface area contributed by atoms with E-state index < -0.39 is 0 Å². The Kier molecular flexibility index (Phi) is 9.57. The average molecular weight is 494 g/mol. The zero-order valence-corrected chi connectivity index (χ0v) is 19.1. The monoisotopic (exact) mass is 494 g/mol. The van der Waals surface area contributed by atoms with E-state index in [2.05, 4.69) is 62.6 Å². The number of aliphatic imine (C=N–C) groups is 1. The SMILES string of the molecule is CN=C(NCCc1ccccc1OC)N1CCN(Cc2ccccc2)CC1.I. The lowest BCUT2D eigenvalue weighted by Gasteiger charge is -2.36. The maximum absolute atomic E-state index is 5.43. The van der Waals surface area contributed by atoms with Gasteiger partial charge in [0.2, 0.25) is 0 Å². The Hall–Kier alpha value is -1.80. The lowest BCUT2D eigenvalue weighted by Crippen LogP contribution is -2.52. The van der Waals surface area contributed by atoms with Crippen molar-refractivity contribution in [3.63, 3.8) is 0 Å². The zero-order chi connectivity index (χ0) is 18.9. The molecule has 1 aliphatic rings. The Balaban J connectivity index is 0.00000280. The number of hydrogen-bond donors (Lipinski definition) is 1. The van der Waals surface area contributed by atoms with Gasteiger partial charge in [-0.25, -0.2) is 0 Å². The molecule has 6 heteroatoms. The summed E-state index contributed by atoms with van der Waals surface area (Å²) in [7, 11) is 3.59. The van der Waals surface area contributed by atoms with Gasteiger partial charge in [0.25, 0.3) is 0 Å². The molecule has 1 N–H and O–H groups in total. The lowest BCUT2D eigenvalue weighted by molar-refractivity contribution is 0.172. The van der Waals surface area contributed by atoms with Crippen LogP contribution in [0.2, 0.25) is 0 Å². The second kappa shape index (κ2) is 11.9. The number of methoxy groups -OCH3 is 1. The first-order valence-corrected chi connectivity index (χ1v) is 9.64. The number of halogens is 1. The fourth-order valence-electron chi connectivity index (χ4n) is 3.51. The van der Waals surface area contributed by atoms with Gasteiger partial charge in [-0.3, -0.25) is 9.89 Å². The third kappa shape index (κ3) is 6.38. The summed E-state index contributed by atoms with van der Waals surface area (Å²) in [6.45, 7) is 5.98. The van der Waals surface area contributed by atoms with E-state index in [0.29, 0.717) is 0 Å². The minimum Gasteiger partial charge on any atom is -0.496 e. The number of piperazine rings is 1. The molecule has 5 nitrogen and oxygen atoms in total. The van der Waals surface area contributed by atoms with Crippen molar-refractivity contribution >= 4 is 29.9 Å². The molecular weight excluding hydrogens is 463 g/mol. The van der Waals surface area contributed by atoms with E-state index in [9.17, 15) is 0 Å². The van der Waals surface area contributed by atoms with Crippen molar-refractivity contribution in [2.75, 3.05) is 46.9 Å². The number of benzene rings is 2. The molecule has 0 atom stereocenters. The second-order valence-electron chi connectivity index (χ2n) is 6.78. The Bertz CT molecular complexity index is 730. The van der Waals surface area contributed by atoms with E-state index in [-0.39, 0.29) is 24.0 Å². The molecule has 0 aromatic heterocycles. The molecule has 1 heterocycles. The number of guanidine groups is 1. The fraction of sp³-hybridized carbons (Fsp3) is 0.409. The molecular formula is C22H31IN4O. The van der Waals surface area contributed by atoms with Crippen LogP contribution in [0.5, 0.6) is 5.75 Å². The minimum absolute atomic E-state index is 0. The van der Waals surface area contributed by atoms with E-state index in [0.717, 1.165) is 57.4 Å². The molecule has 0 aliphatic carbocycles. The highest BCUT2D eigenvalue weighted by atomic mass is 127. The van der Waals surface area contributed by atoms with E-state index >= 15 is 0 Å². The number of para-hydroxylation sites is 1. The third-order valence-corrected chi connectivity index (χ3v) is 5.00. The van der Waals surface area contributed by atoms with Crippen LogP contribution in [0.25, 0.3) is 0 Å². The van der Waals surface area contributed by atoms with Gasteiger partial charge in [0.1, 0.15) is 5.75 Å². The molecule has 3 rings (SSSR count). The van der Waals surface area contributed by atoms with Gasteiger partial charge in [0.15, 0.2) is 5.96 Å². The van der Waals surface area contributed by atoms with Crippen molar-refractivity contribution in [2.24, 2.45) is 4.99 Å². The van der Waals surface area contributed by atoms with Gasteiger partial charge < -0.3 is 15.0 Å². The second-order valence-corrected chi connectivity index (χ2v) is 6.78. The number of hydrogen-bond acceptors (Lipinski definition) is 3. The van der Waals surface area contributed by atoms with E-state index in [1.54, 1.807) is 7.11 Å². The van der Waals surface area contributed by atoms with Crippen molar-refractivity contribution in [2.45, 2.75) is 13.0 Å². The Morgan fingerprint density at radius 2 is 1.68 bits per heavy atom. The van der Waals surface area contributed by atoms with Crippen LogP contribution in [-0.2, 0) is 13.0 Å². The molecule has 0 spiro atoms. The summed E-state index contributed by atoms with van der Waals surface area (Å²) in [5.41, 5.74) is 2.60. The summed E-state index contributed by atoms with van der Waals surface area (Å²) in [5, 5.41) is 3.51. The van der Waals surface area contributed by atoms with E-state index in [4.69, 9.17) is 4.74 Å². The number of nitrogens with one attached hydrogen (secondary N) is 1. The summed E-state index contributed by atoms with van der Waals surface area (Å²) in [6.07, 6.45) is 0.914. The molecule has 152 valence electrons. The quantitative estimate of drug-likeness (QED) is 0.381. The first-order valence-electron chi connectivity index (χ1n) is 9.64. The first-order chi connectivity index (χ1) is 13.3. The lowest BCUT2D eigenvalue weighted by atomic mass is 10.1. The smallest absolute Gasteiger partial charge is 0.193 e. The highest BCUT2D eigenvalue weighted by Crippen LogP contribution is 2.17. The number of ether oxygens (including phenoxy) is 1. The maximum Gasteiger partial charge on any atom is 0.193 e. The van der Waals surface area contributed by atoms with Gasteiger partial charge >= 0.3 is 0 Å². The Labute approximate surface area is 185 Å².